The molecule has 0 amide bonds. The van der Waals surface area contributed by atoms with Gasteiger partial charge in [0.2, 0.25) is 5.95 Å². The molecule has 0 saturated heterocycles. The van der Waals surface area contributed by atoms with Crippen molar-refractivity contribution in [3.63, 3.8) is 0 Å². The van der Waals surface area contributed by atoms with Crippen molar-refractivity contribution in [2.45, 2.75) is 18.6 Å². The maximum absolute atomic E-state index is 12.9. The zero-order valence-corrected chi connectivity index (χ0v) is 21.0. The Kier molecular flexibility index (Phi) is 8.07. The van der Waals surface area contributed by atoms with Gasteiger partial charge in [0.1, 0.15) is 17.6 Å². The van der Waals surface area contributed by atoms with Crippen molar-refractivity contribution in [3.05, 3.63) is 102 Å². The summed E-state index contributed by atoms with van der Waals surface area (Å²) in [5.41, 5.74) is 1.64. The topological polar surface area (TPSA) is 105 Å². The largest absolute Gasteiger partial charge is 0.498 e. The predicted molar refractivity (Wildman–Crippen MR) is 138 cm³/mol. The van der Waals surface area contributed by atoms with Crippen molar-refractivity contribution in [2.75, 3.05) is 26.6 Å². The molecule has 2 heterocycles. The summed E-state index contributed by atoms with van der Waals surface area (Å²) in [4.78, 5) is 26.0. The van der Waals surface area contributed by atoms with Gasteiger partial charge in [0, 0.05) is 50.0 Å². The quantitative estimate of drug-likeness (QED) is 0.261. The maximum Gasteiger partial charge on any atom is 0.338 e. The predicted octanol–water partition coefficient (Wildman–Crippen LogP) is 4.33. The van der Waals surface area contributed by atoms with Gasteiger partial charge in [-0.1, -0.05) is 18.2 Å². The highest BCUT2D eigenvalue weighted by Gasteiger charge is 2.42. The van der Waals surface area contributed by atoms with E-state index >= 15 is 0 Å². The molecule has 1 N–H and O–H groups in total. The summed E-state index contributed by atoms with van der Waals surface area (Å²) in [5.74, 6) is 0.640. The number of carbonyl (C=O) groups is 1. The zero-order valence-electron chi connectivity index (χ0n) is 21.0. The molecule has 1 aromatic carbocycles. The monoisotopic (exact) mass is 500 g/mol. The number of rotatable bonds is 9. The van der Waals surface area contributed by atoms with Crippen LogP contribution in [0.5, 0.6) is 5.75 Å². The number of hydrogen-bond acceptors (Lipinski definition) is 9. The second-order valence-electron chi connectivity index (χ2n) is 8.23. The Morgan fingerprint density at radius 3 is 2.54 bits per heavy atom. The summed E-state index contributed by atoms with van der Waals surface area (Å²) in [6, 6.07) is 14.3. The number of para-hydroxylation sites is 1. The van der Waals surface area contributed by atoms with Crippen LogP contribution in [-0.4, -0.2) is 54.0 Å². The molecule has 0 saturated carbocycles. The summed E-state index contributed by atoms with van der Waals surface area (Å²) in [6.07, 6.45) is 9.48. The number of aromatic nitrogens is 3. The van der Waals surface area contributed by atoms with Gasteiger partial charge in [-0.25, -0.2) is 14.8 Å². The molecule has 2 atom stereocenters. The van der Waals surface area contributed by atoms with E-state index in [-0.39, 0.29) is 5.95 Å². The fraction of sp³-hybridized carbons (Fsp3) is 0.214. The number of hydrogen-bond donors (Lipinski definition) is 1. The molecule has 4 rings (SSSR count). The fourth-order valence-corrected chi connectivity index (χ4v) is 3.89. The smallest absolute Gasteiger partial charge is 0.338 e. The number of allylic oxidation sites excluding steroid dienone is 1. The number of ether oxygens (including phenoxy) is 4. The van der Waals surface area contributed by atoms with Crippen molar-refractivity contribution < 1.29 is 23.7 Å². The van der Waals surface area contributed by atoms with E-state index in [4.69, 9.17) is 18.9 Å². The van der Waals surface area contributed by atoms with Gasteiger partial charge >= 0.3 is 5.97 Å². The highest BCUT2D eigenvalue weighted by molar-refractivity contribution is 5.86. The maximum atomic E-state index is 12.9. The van der Waals surface area contributed by atoms with E-state index in [0.717, 1.165) is 5.56 Å². The van der Waals surface area contributed by atoms with E-state index in [1.165, 1.54) is 6.08 Å². The minimum atomic E-state index is -0.862. The lowest BCUT2D eigenvalue weighted by atomic mass is 9.87. The molecule has 0 aliphatic heterocycles. The minimum absolute atomic E-state index is 0.280. The third-order valence-electron chi connectivity index (χ3n) is 5.94. The summed E-state index contributed by atoms with van der Waals surface area (Å²) >= 11 is 0. The van der Waals surface area contributed by atoms with Gasteiger partial charge in [-0.15, -0.1) is 0 Å². The Morgan fingerprint density at radius 1 is 1.05 bits per heavy atom. The highest BCUT2D eigenvalue weighted by atomic mass is 16.6. The number of nitrogens with one attached hydrogen (secondary N) is 1. The highest BCUT2D eigenvalue weighted by Crippen LogP contribution is 2.35. The van der Waals surface area contributed by atoms with Crippen LogP contribution in [0, 0.1) is 0 Å². The molecule has 3 aromatic rings. The van der Waals surface area contributed by atoms with Crippen LogP contribution in [0.2, 0.25) is 0 Å². The average molecular weight is 501 g/mol. The lowest BCUT2D eigenvalue weighted by Gasteiger charge is -2.38. The minimum Gasteiger partial charge on any atom is -0.498 e. The SMILES string of the molecule is COC1=CC(/C(=C\C(=O)Oc2ccccc2)Nc2nccc(-c3cccnc3)n2)=C[C@H](OC)[C@@]1(C)OC. The molecule has 0 fully saturated rings. The molecule has 1 aliphatic rings. The molecule has 0 spiro atoms. The van der Waals surface area contributed by atoms with Crippen LogP contribution in [-0.2, 0) is 19.0 Å². The molecule has 2 aromatic heterocycles. The fourth-order valence-electron chi connectivity index (χ4n) is 3.89. The lowest BCUT2D eigenvalue weighted by Crippen LogP contribution is -2.45. The van der Waals surface area contributed by atoms with Gasteiger partial charge in [-0.3, -0.25) is 4.98 Å². The van der Waals surface area contributed by atoms with E-state index in [1.807, 2.05) is 31.2 Å². The number of nitrogens with zero attached hydrogens (tertiary/aromatic N) is 3. The van der Waals surface area contributed by atoms with Crippen molar-refractivity contribution in [2.24, 2.45) is 0 Å². The Hall–Kier alpha value is -4.34. The number of methoxy groups -OCH3 is 3. The number of esters is 1. The number of pyridine rings is 1. The molecule has 9 heteroatoms. The van der Waals surface area contributed by atoms with E-state index in [9.17, 15) is 4.79 Å². The molecule has 37 heavy (non-hydrogen) atoms. The van der Waals surface area contributed by atoms with Crippen LogP contribution in [0.3, 0.4) is 0 Å². The normalized spacial score (nSPS) is 19.5. The summed E-state index contributed by atoms with van der Waals surface area (Å²) in [5, 5.41) is 3.16. The molecule has 0 unspecified atom stereocenters. The standard InChI is InChI=1S/C28H28N4O5/c1-28(36-4)24(34-2)15-20(16-25(28)35-3)23(17-26(33)37-21-10-6-5-7-11-21)32-27-30-14-12-22(31-27)19-9-8-13-29-18-19/h5-18,24H,1-4H3,(H,30,31,32)/b23-17+/t24-,28+/m0/s1. The van der Waals surface area contributed by atoms with E-state index in [2.05, 4.69) is 20.3 Å². The van der Waals surface area contributed by atoms with E-state index in [0.29, 0.717) is 28.5 Å². The Balaban J connectivity index is 1.73. The first-order valence-corrected chi connectivity index (χ1v) is 11.5. The van der Waals surface area contributed by atoms with Crippen LogP contribution in [0.4, 0.5) is 5.95 Å². The van der Waals surface area contributed by atoms with Crippen LogP contribution in [0.1, 0.15) is 6.92 Å². The summed E-state index contributed by atoms with van der Waals surface area (Å²) in [6.45, 7) is 1.87. The molecule has 9 nitrogen and oxygen atoms in total. The first kappa shape index (κ1) is 25.7. The van der Waals surface area contributed by atoms with Crippen LogP contribution >= 0.6 is 0 Å². The van der Waals surface area contributed by atoms with Crippen LogP contribution < -0.4 is 10.1 Å². The molecule has 0 bridgehead atoms. The van der Waals surface area contributed by atoms with E-state index < -0.39 is 17.7 Å². The first-order chi connectivity index (χ1) is 18.0. The third-order valence-corrected chi connectivity index (χ3v) is 5.94. The third kappa shape index (κ3) is 5.91. The number of carbonyl (C=O) groups excluding carboxylic acids is 1. The second-order valence-corrected chi connectivity index (χ2v) is 8.23. The Labute approximate surface area is 215 Å². The molecule has 190 valence electrons. The first-order valence-electron chi connectivity index (χ1n) is 11.5. The summed E-state index contributed by atoms with van der Waals surface area (Å²) in [7, 11) is 4.72. The molecular weight excluding hydrogens is 472 g/mol. The van der Waals surface area contributed by atoms with Gasteiger partial charge in [0.15, 0.2) is 5.60 Å². The van der Waals surface area contributed by atoms with Crippen molar-refractivity contribution in [3.8, 4) is 17.0 Å². The van der Waals surface area contributed by atoms with Gasteiger partial charge in [0.25, 0.3) is 0 Å². The number of anilines is 1. The van der Waals surface area contributed by atoms with Gasteiger partial charge in [0.05, 0.1) is 18.5 Å². The average Bonchev–Trinajstić information content (AvgIpc) is 2.94. The zero-order chi connectivity index (χ0) is 26.3. The van der Waals surface area contributed by atoms with Crippen molar-refractivity contribution in [1.82, 2.24) is 15.0 Å². The van der Waals surface area contributed by atoms with E-state index in [1.54, 1.807) is 76.3 Å². The van der Waals surface area contributed by atoms with Crippen LogP contribution in [0.25, 0.3) is 11.3 Å². The summed E-state index contributed by atoms with van der Waals surface area (Å²) < 4.78 is 22.6. The van der Waals surface area contributed by atoms with Gasteiger partial charge in [-0.2, -0.15) is 0 Å². The lowest BCUT2D eigenvalue weighted by molar-refractivity contribution is -0.129. The molecular formula is C28H28N4O5. The van der Waals surface area contributed by atoms with Crippen LogP contribution in [0.15, 0.2) is 102 Å². The Morgan fingerprint density at radius 2 is 1.86 bits per heavy atom. The second kappa shape index (κ2) is 11.6. The Bertz CT molecular complexity index is 1320. The van der Waals surface area contributed by atoms with Gasteiger partial charge < -0.3 is 24.3 Å². The van der Waals surface area contributed by atoms with Gasteiger partial charge in [-0.05, 0) is 49.4 Å². The van der Waals surface area contributed by atoms with Crippen molar-refractivity contribution in [1.29, 1.82) is 0 Å². The molecule has 1 aliphatic carbocycles. The van der Waals surface area contributed by atoms with Crippen molar-refractivity contribution >= 4 is 11.9 Å². The number of benzene rings is 1. The molecule has 0 radical (unpaired) electrons.